The van der Waals surface area contributed by atoms with E-state index in [1.165, 1.54) is 81.6 Å². The molecule has 10 nitrogen and oxygen atoms in total. The topological polar surface area (TPSA) is 108 Å². The minimum Gasteiger partial charge on any atom is -0.379 e. The second-order valence-electron chi connectivity index (χ2n) is 30.3. The fourth-order valence-corrected chi connectivity index (χ4v) is 11.1. The van der Waals surface area contributed by atoms with Gasteiger partial charge in [0, 0.05) is 65.2 Å². The van der Waals surface area contributed by atoms with Crippen LogP contribution in [0.3, 0.4) is 0 Å². The van der Waals surface area contributed by atoms with Crippen molar-refractivity contribution in [1.82, 2.24) is 19.6 Å². The molecule has 2 aromatic carbocycles. The van der Waals surface area contributed by atoms with Crippen molar-refractivity contribution in [3.05, 3.63) is 71.3 Å². The molecule has 5 aliphatic rings. The molecule has 4 heterocycles. The fraction of sp³-hybridized carbons (Fsp3) is 0.815. The quantitative estimate of drug-likeness (QED) is 0.203. The van der Waals surface area contributed by atoms with Gasteiger partial charge in [-0.25, -0.2) is 8.42 Å². The number of likely N-dealkylation sites (tertiary alicyclic amines) is 1. The number of piperidine rings is 1. The SMILES string of the molecule is CC.CC.CC.CC.CC.CC.CC(=O)CC(C)C.CC(C)(C)CC(F)(F)F.CC(C)(C)CN1C(=O)c2ccccc2C1=O.CC(C)(C)CN1CCOCC1.CC(C)(C)CN1CCS(=O)(=O)CC1.CC(C)CC1CC1.CC(C)CN1CCCCC1.CC(C)Cc1ccccc1. The molecule has 14 heteroatoms. The first-order valence-corrected chi connectivity index (χ1v) is 39.3. The Labute approximate surface area is 589 Å². The van der Waals surface area contributed by atoms with Crippen LogP contribution in [0.4, 0.5) is 13.2 Å². The number of Topliss-reactive ketones (excluding diaryl/α,β-unsaturated/α-hetero) is 1. The molecular weight excluding hydrogens is 1210 g/mol. The van der Waals surface area contributed by atoms with Gasteiger partial charge in [-0.3, -0.25) is 19.4 Å². The first-order chi connectivity index (χ1) is 44.0. The zero-order chi connectivity index (χ0) is 76.0. The maximum absolute atomic E-state index is 12.0. The third-order valence-electron chi connectivity index (χ3n) is 12.9. The Balaban J connectivity index is -0.000000184. The molecule has 0 spiro atoms. The summed E-state index contributed by atoms with van der Waals surface area (Å²) in [7, 11) is -2.71. The number of imide groups is 1. The van der Waals surface area contributed by atoms with Crippen molar-refractivity contribution in [1.29, 1.82) is 0 Å². The van der Waals surface area contributed by atoms with Crippen LogP contribution >= 0.6 is 0 Å². The highest BCUT2D eigenvalue weighted by Gasteiger charge is 2.37. The molecule has 2 aromatic rings. The predicted octanol–water partition coefficient (Wildman–Crippen LogP) is 22.7. The van der Waals surface area contributed by atoms with Gasteiger partial charge in [-0.1, -0.05) is 283 Å². The summed E-state index contributed by atoms with van der Waals surface area (Å²) in [6.45, 7) is 79.6. The van der Waals surface area contributed by atoms with Gasteiger partial charge in [0.05, 0.1) is 35.8 Å². The normalized spacial score (nSPS) is 15.9. The van der Waals surface area contributed by atoms with Gasteiger partial charge in [0.1, 0.15) is 5.78 Å². The number of benzene rings is 2. The summed E-state index contributed by atoms with van der Waals surface area (Å²) in [6.07, 6.45) is 5.99. The van der Waals surface area contributed by atoms with Crippen LogP contribution in [0.15, 0.2) is 54.6 Å². The highest BCUT2D eigenvalue weighted by molar-refractivity contribution is 7.91. The Hall–Kier alpha value is -3.17. The van der Waals surface area contributed by atoms with E-state index in [4.69, 9.17) is 4.74 Å². The molecule has 4 fully saturated rings. The Morgan fingerprint density at radius 3 is 1.15 bits per heavy atom. The smallest absolute Gasteiger partial charge is 0.379 e. The number of ether oxygens (including phenoxy) is 1. The molecule has 2 amide bonds. The summed E-state index contributed by atoms with van der Waals surface area (Å²) in [5, 5.41) is 0. The molecular formula is C81H159F3N4O6S. The number of nitrogens with zero attached hydrogens (tertiary/aromatic N) is 4. The number of sulfone groups is 1. The van der Waals surface area contributed by atoms with Crippen molar-refractivity contribution in [2.75, 3.05) is 90.2 Å². The number of halogens is 3. The zero-order valence-corrected chi connectivity index (χ0v) is 69.4. The molecule has 7 rings (SSSR count). The third-order valence-corrected chi connectivity index (χ3v) is 14.5. The van der Waals surface area contributed by atoms with Gasteiger partial charge in [-0.2, -0.15) is 13.2 Å². The molecule has 0 unspecified atom stereocenters. The number of alkyl halides is 3. The van der Waals surface area contributed by atoms with Gasteiger partial charge in [0.15, 0.2) is 9.84 Å². The second-order valence-corrected chi connectivity index (χ2v) is 32.6. The number of rotatable bonds is 11. The molecule has 0 atom stereocenters. The second kappa shape index (κ2) is 59.7. The van der Waals surface area contributed by atoms with Crippen molar-refractivity contribution < 1.29 is 40.7 Å². The Kier molecular flexibility index (Phi) is 66.1. The number of fused-ring (bicyclic) bond motifs is 1. The number of ketones is 1. The lowest BCUT2D eigenvalue weighted by Gasteiger charge is -2.32. The molecule has 1 saturated carbocycles. The first kappa shape index (κ1) is 105. The van der Waals surface area contributed by atoms with E-state index in [0.717, 1.165) is 62.9 Å². The number of morpholine rings is 1. The summed E-state index contributed by atoms with van der Waals surface area (Å²) in [4.78, 5) is 42.9. The average Bonchev–Trinajstić information content (AvgIpc) is 1.64. The number of hydrogen-bond donors (Lipinski definition) is 0. The largest absolute Gasteiger partial charge is 0.389 e. The minimum absolute atomic E-state index is 0.0760. The van der Waals surface area contributed by atoms with E-state index in [-0.39, 0.29) is 28.4 Å². The summed E-state index contributed by atoms with van der Waals surface area (Å²) in [5.41, 5.74) is 2.47. The maximum atomic E-state index is 12.0. The minimum atomic E-state index is -4.02. The van der Waals surface area contributed by atoms with Gasteiger partial charge in [0.25, 0.3) is 11.8 Å². The lowest BCUT2D eigenvalue weighted by atomic mass is 9.92. The highest BCUT2D eigenvalue weighted by atomic mass is 32.2. The van der Waals surface area contributed by atoms with Gasteiger partial charge >= 0.3 is 6.18 Å². The van der Waals surface area contributed by atoms with Crippen molar-refractivity contribution in [2.45, 2.75) is 292 Å². The maximum Gasteiger partial charge on any atom is 0.389 e. The van der Waals surface area contributed by atoms with Crippen LogP contribution in [0, 0.1) is 51.2 Å². The summed E-state index contributed by atoms with van der Waals surface area (Å²) in [6, 6.07) is 17.6. The van der Waals surface area contributed by atoms with Crippen LogP contribution in [-0.4, -0.2) is 142 Å². The summed E-state index contributed by atoms with van der Waals surface area (Å²) >= 11 is 0. The molecule has 3 saturated heterocycles. The number of hydrogen-bond acceptors (Lipinski definition) is 9. The average molecular weight is 1370 g/mol. The standard InChI is InChI=1S/C13H15NO2.C10H14.C9H19NO2S.C9H19NO.C9H19N.C7H14.C6H11F3.C6H12O.6C2H6/c1-13(2,3)8-14-11(15)9-6-4-5-7-10(9)12(14)16;1-9(2)8-10-6-4-3-5-7-10;1-9(2,3)8-10-4-6-13(11,12)7-5-10;1-9(2,3)8-10-4-6-11-7-5-10;1-9(2)8-10-6-4-3-5-7-10;1-6(2)5-7-3-4-7;1-5(2,3)4-6(7,8)9;1-5(2)4-6(3)7;6*1-2/h4-7H,8H2,1-3H3;3-7,9H,8H2,1-2H3;4-8H2,1-3H3;4-8H2,1-3H3;9H,3-8H2,1-2H3;6-7H,3-5H2,1-2H3;4H2,1-3H3;5H,4H2,1-3H3;6*1-2H3. The molecule has 0 aromatic heterocycles. The Bertz CT molecular complexity index is 2110. The van der Waals surface area contributed by atoms with Gasteiger partial charge < -0.3 is 19.3 Å². The molecule has 1 aliphatic carbocycles. The van der Waals surface area contributed by atoms with Crippen LogP contribution in [0.25, 0.3) is 0 Å². The van der Waals surface area contributed by atoms with Crippen molar-refractivity contribution in [2.24, 2.45) is 51.2 Å². The third kappa shape index (κ3) is 71.9. The fourth-order valence-electron chi connectivity index (χ4n) is 9.81. The van der Waals surface area contributed by atoms with E-state index in [2.05, 4.69) is 128 Å². The zero-order valence-electron chi connectivity index (χ0n) is 68.6. The molecule has 95 heavy (non-hydrogen) atoms. The summed E-state index contributed by atoms with van der Waals surface area (Å²) < 4.78 is 62.2. The molecule has 566 valence electrons. The number of amides is 2. The Morgan fingerprint density at radius 2 is 0.874 bits per heavy atom. The molecule has 0 radical (unpaired) electrons. The van der Waals surface area contributed by atoms with E-state index >= 15 is 0 Å². The Morgan fingerprint density at radius 1 is 0.495 bits per heavy atom. The molecule has 0 N–H and O–H groups in total. The summed E-state index contributed by atoms with van der Waals surface area (Å²) in [5.74, 6) is 4.82. The van der Waals surface area contributed by atoms with Crippen LogP contribution in [0.2, 0.25) is 0 Å². The number of carbonyl (C=O) groups excluding carboxylic acids is 3. The lowest BCUT2D eigenvalue weighted by molar-refractivity contribution is -0.152. The number of carbonyl (C=O) groups is 3. The molecule has 0 bridgehead atoms. The van der Waals surface area contributed by atoms with Crippen LogP contribution in [0.5, 0.6) is 0 Å². The van der Waals surface area contributed by atoms with Crippen molar-refractivity contribution in [3.63, 3.8) is 0 Å². The van der Waals surface area contributed by atoms with Crippen molar-refractivity contribution >= 4 is 27.4 Å². The highest BCUT2D eigenvalue weighted by Crippen LogP contribution is 2.35. The lowest BCUT2D eigenvalue weighted by Crippen LogP contribution is -2.43. The van der Waals surface area contributed by atoms with E-state index in [1.807, 2.05) is 118 Å². The van der Waals surface area contributed by atoms with Gasteiger partial charge in [0.2, 0.25) is 0 Å². The molecule has 4 aliphatic heterocycles. The van der Waals surface area contributed by atoms with Gasteiger partial charge in [-0.15, -0.1) is 0 Å². The predicted molar refractivity (Wildman–Crippen MR) is 413 cm³/mol. The van der Waals surface area contributed by atoms with Gasteiger partial charge in [-0.05, 0) is 115 Å². The van der Waals surface area contributed by atoms with Crippen LogP contribution < -0.4 is 0 Å². The monoisotopic (exact) mass is 1370 g/mol. The van der Waals surface area contributed by atoms with E-state index < -0.39 is 27.8 Å². The van der Waals surface area contributed by atoms with Crippen molar-refractivity contribution in [3.8, 4) is 0 Å². The van der Waals surface area contributed by atoms with E-state index in [9.17, 15) is 36.0 Å². The van der Waals surface area contributed by atoms with E-state index in [0.29, 0.717) is 53.6 Å². The van der Waals surface area contributed by atoms with Crippen LogP contribution in [0.1, 0.15) is 306 Å². The van der Waals surface area contributed by atoms with Crippen LogP contribution in [-0.2, 0) is 25.8 Å². The first-order valence-electron chi connectivity index (χ1n) is 37.5. The van der Waals surface area contributed by atoms with E-state index in [1.54, 1.807) is 52.0 Å².